The maximum Gasteiger partial charge on any atom is 0.262 e. The summed E-state index contributed by atoms with van der Waals surface area (Å²) in [6.45, 7) is 13.7. The first kappa shape index (κ1) is 38.1. The Bertz CT molecular complexity index is 1360. The third-order valence-electron chi connectivity index (χ3n) is 7.65. The zero-order chi connectivity index (χ0) is 33.7. The van der Waals surface area contributed by atoms with Crippen LogP contribution in [0.5, 0.6) is 0 Å². The van der Waals surface area contributed by atoms with Gasteiger partial charge in [-0.3, -0.25) is 14.4 Å². The Balaban J connectivity index is 0.000000322. The van der Waals surface area contributed by atoms with Crippen molar-refractivity contribution in [1.29, 1.82) is 5.26 Å². The number of hydrogen-bond donors (Lipinski definition) is 4. The molecule has 3 rings (SSSR count). The fourth-order valence-corrected chi connectivity index (χ4v) is 5.73. The van der Waals surface area contributed by atoms with Crippen molar-refractivity contribution in [1.82, 2.24) is 20.9 Å². The number of nitrogens with zero attached hydrogens (tertiary/aromatic N) is 2. The van der Waals surface area contributed by atoms with Gasteiger partial charge in [0, 0.05) is 24.8 Å². The number of thioether (sulfide) groups is 1. The minimum atomic E-state index is -0.393. The average molecular weight is 647 g/mol. The fourth-order valence-electron chi connectivity index (χ4n) is 4.99. The first-order valence-corrected chi connectivity index (χ1v) is 17.1. The molecule has 0 aliphatic heterocycles. The smallest absolute Gasteiger partial charge is 0.262 e. The molecule has 248 valence electrons. The Labute approximate surface area is 279 Å². The molecule has 2 atom stereocenters. The summed E-state index contributed by atoms with van der Waals surface area (Å²) in [5.41, 5.74) is 3.95. The normalized spacial score (nSPS) is 14.4. The standard InChI is InChI=1S/C18H21N3O2S.C18H29N3O/c1-12(17(22)20-2)24-11-14(10-19)18(23)21-16-9-5-7-13-6-3-4-8-15(13)16;1-4-7-13-21(6-3)14-9-12-20-18(22)16-10-8-11-17(15-16)19-5-2/h3-4,6,8,11-12,16H,5,7,9H2,1-2H3,(H,20,22)(H,21,23);5,8,10-11,15,19H,2,4,6-7,9,12-14H2,1,3H3,(H,20,22)/b14-11-;. The van der Waals surface area contributed by atoms with Gasteiger partial charge in [0.1, 0.15) is 11.6 Å². The number of rotatable bonds is 16. The number of nitriles is 1. The number of benzene rings is 2. The average Bonchev–Trinajstić information content (AvgIpc) is 3.08. The van der Waals surface area contributed by atoms with Crippen molar-refractivity contribution in [3.8, 4) is 6.07 Å². The van der Waals surface area contributed by atoms with Gasteiger partial charge < -0.3 is 26.2 Å². The second-order valence-electron chi connectivity index (χ2n) is 11.0. The van der Waals surface area contributed by atoms with Gasteiger partial charge in [0.05, 0.1) is 11.3 Å². The van der Waals surface area contributed by atoms with E-state index in [0.717, 1.165) is 68.3 Å². The lowest BCUT2D eigenvalue weighted by Gasteiger charge is -2.26. The molecular weight excluding hydrogens is 597 g/mol. The number of unbranched alkanes of at least 4 members (excludes halogenated alkanes) is 1. The summed E-state index contributed by atoms with van der Waals surface area (Å²) in [4.78, 5) is 38.4. The fraction of sp³-hybridized carbons (Fsp3) is 0.444. The molecule has 46 heavy (non-hydrogen) atoms. The van der Waals surface area contributed by atoms with Gasteiger partial charge in [-0.05, 0) is 99.6 Å². The molecule has 0 heterocycles. The molecule has 0 saturated carbocycles. The van der Waals surface area contributed by atoms with Crippen LogP contribution in [-0.2, 0) is 16.0 Å². The minimum Gasteiger partial charge on any atom is -0.362 e. The summed E-state index contributed by atoms with van der Waals surface area (Å²) in [7, 11) is 1.56. The number of amides is 3. The highest BCUT2D eigenvalue weighted by atomic mass is 32.2. The Morgan fingerprint density at radius 1 is 1.13 bits per heavy atom. The Morgan fingerprint density at radius 3 is 2.59 bits per heavy atom. The zero-order valence-electron chi connectivity index (χ0n) is 27.7. The van der Waals surface area contributed by atoms with Gasteiger partial charge in [0.25, 0.3) is 11.8 Å². The minimum absolute atomic E-state index is 0.0238. The van der Waals surface area contributed by atoms with Crippen molar-refractivity contribution in [3.05, 3.63) is 89.0 Å². The van der Waals surface area contributed by atoms with Crippen LogP contribution in [-0.4, -0.2) is 61.1 Å². The van der Waals surface area contributed by atoms with Crippen molar-refractivity contribution in [2.75, 3.05) is 38.5 Å². The molecule has 0 fully saturated rings. The van der Waals surface area contributed by atoms with Crippen LogP contribution in [0.15, 0.2) is 72.3 Å². The van der Waals surface area contributed by atoms with Crippen LogP contribution in [0.2, 0.25) is 0 Å². The second kappa shape index (κ2) is 21.6. The Hall–Kier alpha value is -4.07. The highest BCUT2D eigenvalue weighted by molar-refractivity contribution is 8.03. The summed E-state index contributed by atoms with van der Waals surface area (Å²) >= 11 is 1.16. The van der Waals surface area contributed by atoms with Gasteiger partial charge in [-0.15, -0.1) is 11.8 Å². The Morgan fingerprint density at radius 2 is 1.89 bits per heavy atom. The van der Waals surface area contributed by atoms with E-state index in [1.165, 1.54) is 23.8 Å². The number of hydrogen-bond acceptors (Lipinski definition) is 7. The highest BCUT2D eigenvalue weighted by Crippen LogP contribution is 2.29. The molecular formula is C36H50N6O3S. The molecule has 0 saturated heterocycles. The quantitative estimate of drug-likeness (QED) is 0.101. The van der Waals surface area contributed by atoms with Crippen molar-refractivity contribution in [3.63, 3.8) is 0 Å². The molecule has 4 N–H and O–H groups in total. The van der Waals surface area contributed by atoms with Gasteiger partial charge in [-0.25, -0.2) is 0 Å². The van der Waals surface area contributed by atoms with E-state index in [2.05, 4.69) is 52.7 Å². The summed E-state index contributed by atoms with van der Waals surface area (Å²) in [5, 5.41) is 21.8. The summed E-state index contributed by atoms with van der Waals surface area (Å²) in [5.74, 6) is -0.560. The van der Waals surface area contributed by atoms with E-state index in [-0.39, 0.29) is 28.7 Å². The lowest BCUT2D eigenvalue weighted by molar-refractivity contribution is -0.120. The van der Waals surface area contributed by atoms with Crippen molar-refractivity contribution in [2.24, 2.45) is 0 Å². The van der Waals surface area contributed by atoms with Crippen LogP contribution < -0.4 is 21.3 Å². The predicted molar refractivity (Wildman–Crippen MR) is 189 cm³/mol. The van der Waals surface area contributed by atoms with E-state index in [1.54, 1.807) is 20.2 Å². The van der Waals surface area contributed by atoms with E-state index in [9.17, 15) is 19.6 Å². The van der Waals surface area contributed by atoms with Gasteiger partial charge in [0.15, 0.2) is 0 Å². The molecule has 3 amide bonds. The summed E-state index contributed by atoms with van der Waals surface area (Å²) < 4.78 is 0. The van der Waals surface area contributed by atoms with E-state index in [0.29, 0.717) is 12.1 Å². The number of fused-ring (bicyclic) bond motifs is 1. The van der Waals surface area contributed by atoms with Crippen LogP contribution in [0.3, 0.4) is 0 Å². The lowest BCUT2D eigenvalue weighted by atomic mass is 9.87. The van der Waals surface area contributed by atoms with Crippen LogP contribution in [0, 0.1) is 11.3 Å². The zero-order valence-corrected chi connectivity index (χ0v) is 28.6. The number of carbonyl (C=O) groups is 3. The van der Waals surface area contributed by atoms with Gasteiger partial charge in [-0.1, -0.05) is 57.2 Å². The molecule has 0 spiro atoms. The molecule has 0 radical (unpaired) electrons. The molecule has 1 aliphatic carbocycles. The van der Waals surface area contributed by atoms with Gasteiger partial charge in [-0.2, -0.15) is 5.26 Å². The topological polar surface area (TPSA) is 126 Å². The molecule has 10 heteroatoms. The Kier molecular flexibility index (Phi) is 17.9. The van der Waals surface area contributed by atoms with Crippen LogP contribution in [0.4, 0.5) is 5.69 Å². The first-order valence-electron chi connectivity index (χ1n) is 16.1. The molecule has 0 bridgehead atoms. The second-order valence-corrected chi connectivity index (χ2v) is 12.2. The number of carbonyl (C=O) groups excluding carboxylic acids is 3. The molecule has 9 nitrogen and oxygen atoms in total. The largest absolute Gasteiger partial charge is 0.362 e. The molecule has 2 aromatic carbocycles. The van der Waals surface area contributed by atoms with Crippen molar-refractivity contribution in [2.45, 2.75) is 70.6 Å². The number of aryl methyl sites for hydroxylation is 1. The first-order chi connectivity index (χ1) is 22.3. The lowest BCUT2D eigenvalue weighted by Crippen LogP contribution is -2.32. The van der Waals surface area contributed by atoms with Gasteiger partial charge in [0.2, 0.25) is 5.91 Å². The monoisotopic (exact) mass is 646 g/mol. The third kappa shape index (κ3) is 13.1. The van der Waals surface area contributed by atoms with E-state index in [4.69, 9.17) is 0 Å². The molecule has 2 aromatic rings. The van der Waals surface area contributed by atoms with Crippen LogP contribution >= 0.6 is 11.8 Å². The van der Waals surface area contributed by atoms with Crippen molar-refractivity contribution < 1.29 is 14.4 Å². The number of nitrogens with one attached hydrogen (secondary N) is 4. The summed E-state index contributed by atoms with van der Waals surface area (Å²) in [6, 6.07) is 17.3. The van der Waals surface area contributed by atoms with Crippen LogP contribution in [0.25, 0.3) is 0 Å². The highest BCUT2D eigenvalue weighted by Gasteiger charge is 2.23. The van der Waals surface area contributed by atoms with Gasteiger partial charge >= 0.3 is 0 Å². The number of anilines is 1. The molecule has 0 aromatic heterocycles. The van der Waals surface area contributed by atoms with E-state index in [1.807, 2.05) is 48.5 Å². The maximum atomic E-state index is 12.4. The summed E-state index contributed by atoms with van der Waals surface area (Å²) in [6.07, 6.45) is 7.94. The van der Waals surface area contributed by atoms with Crippen LogP contribution in [0.1, 0.15) is 80.4 Å². The van der Waals surface area contributed by atoms with E-state index < -0.39 is 5.91 Å². The molecule has 1 aliphatic rings. The van der Waals surface area contributed by atoms with E-state index >= 15 is 0 Å². The predicted octanol–water partition coefficient (Wildman–Crippen LogP) is 5.94. The van der Waals surface area contributed by atoms with Crippen molar-refractivity contribution >= 4 is 35.2 Å². The molecule has 2 unspecified atom stereocenters. The SMILES string of the molecule is C=CNc1cccc(C(=O)NCCCN(CC)CCCC)c1.CNC(=O)C(C)S/C=C(/C#N)C(=O)NC1CCCc2ccccc21. The maximum absolute atomic E-state index is 12.4. The third-order valence-corrected chi connectivity index (χ3v) is 8.64.